The third-order valence-corrected chi connectivity index (χ3v) is 6.46. The zero-order chi connectivity index (χ0) is 30.8. The molecule has 0 amide bonds. The number of nitrogens with two attached hydrogens (primary N) is 1. The van der Waals surface area contributed by atoms with Crippen LogP contribution >= 0.6 is 0 Å². The molecule has 0 saturated carbocycles. The fraction of sp³-hybridized carbons (Fsp3) is 0.667. The molecule has 1 rings (SSSR count). The minimum absolute atomic E-state index is 0.0820. The van der Waals surface area contributed by atoms with E-state index in [4.69, 9.17) is 29.4 Å². The summed E-state index contributed by atoms with van der Waals surface area (Å²) in [6.07, 6.45) is 3.91. The number of hydrogen-bond acceptors (Lipinski definition) is 10. The van der Waals surface area contributed by atoms with E-state index >= 15 is 0 Å². The molecule has 3 unspecified atom stereocenters. The van der Waals surface area contributed by atoms with Crippen LogP contribution in [0.4, 0.5) is 9.59 Å². The van der Waals surface area contributed by atoms with Crippen molar-refractivity contribution in [2.24, 2.45) is 11.7 Å². The van der Waals surface area contributed by atoms with Crippen LogP contribution in [0.2, 0.25) is 0 Å². The summed E-state index contributed by atoms with van der Waals surface area (Å²) in [5.74, 6) is -3.06. The predicted octanol–water partition coefficient (Wildman–Crippen LogP) is 6.35. The van der Waals surface area contributed by atoms with Gasteiger partial charge < -0.3 is 34.5 Å². The summed E-state index contributed by atoms with van der Waals surface area (Å²) in [6.45, 7) is 9.76. The van der Waals surface area contributed by atoms with Gasteiger partial charge in [0.15, 0.2) is 11.5 Å². The average Bonchev–Trinajstić information content (AvgIpc) is 2.92. The summed E-state index contributed by atoms with van der Waals surface area (Å²) in [7, 11) is 0. The van der Waals surface area contributed by atoms with Crippen molar-refractivity contribution in [3.63, 3.8) is 0 Å². The van der Waals surface area contributed by atoms with E-state index in [0.717, 1.165) is 32.1 Å². The van der Waals surface area contributed by atoms with E-state index in [1.54, 1.807) is 13.8 Å². The zero-order valence-corrected chi connectivity index (χ0v) is 25.0. The first-order valence-corrected chi connectivity index (χ1v) is 14.6. The molecule has 11 nitrogen and oxygen atoms in total. The number of carboxylic acids is 1. The molecule has 41 heavy (non-hydrogen) atoms. The smallest absolute Gasteiger partial charge is 0.480 e. The van der Waals surface area contributed by atoms with Gasteiger partial charge in [0.2, 0.25) is 0 Å². The number of ether oxygens (including phenoxy) is 5. The van der Waals surface area contributed by atoms with E-state index in [-0.39, 0.29) is 43.0 Å². The lowest BCUT2D eigenvalue weighted by Gasteiger charge is -2.26. The maximum Gasteiger partial charge on any atom is 0.513 e. The molecule has 0 radical (unpaired) electrons. The van der Waals surface area contributed by atoms with Gasteiger partial charge in [0, 0.05) is 5.92 Å². The molecule has 0 aliphatic carbocycles. The molecule has 0 spiro atoms. The van der Waals surface area contributed by atoms with Crippen LogP contribution in [0.25, 0.3) is 0 Å². The van der Waals surface area contributed by atoms with Crippen LogP contribution in [-0.2, 0) is 23.8 Å². The zero-order valence-electron chi connectivity index (χ0n) is 25.0. The first-order chi connectivity index (χ1) is 19.5. The van der Waals surface area contributed by atoms with E-state index < -0.39 is 36.3 Å². The molecule has 232 valence electrons. The molecule has 0 saturated heterocycles. The average molecular weight is 582 g/mol. The maximum absolute atomic E-state index is 12.4. The SMILES string of the molecule is CCCCCOC(=O)Oc1ccc(C(CC(C)OC(=O)C(C)CCC)[C@H](N)C(=O)O)cc1OC(=O)OCCCCC. The molecule has 0 fully saturated rings. The molecule has 0 bridgehead atoms. The van der Waals surface area contributed by atoms with Gasteiger partial charge >= 0.3 is 24.2 Å². The molecule has 1 aromatic carbocycles. The van der Waals surface area contributed by atoms with Gasteiger partial charge in [-0.3, -0.25) is 9.59 Å². The third-order valence-electron chi connectivity index (χ3n) is 6.46. The molecular weight excluding hydrogens is 534 g/mol. The molecule has 0 aliphatic heterocycles. The molecule has 11 heteroatoms. The number of benzene rings is 1. The van der Waals surface area contributed by atoms with Crippen molar-refractivity contribution in [2.45, 2.75) is 110 Å². The topological polar surface area (TPSA) is 161 Å². The Kier molecular flexibility index (Phi) is 17.1. The van der Waals surface area contributed by atoms with E-state index in [2.05, 4.69) is 0 Å². The quantitative estimate of drug-likeness (QED) is 0.0810. The Labute approximate surface area is 243 Å². The summed E-state index contributed by atoms with van der Waals surface area (Å²) in [5, 5.41) is 9.69. The fourth-order valence-corrected chi connectivity index (χ4v) is 4.11. The second-order valence-corrected chi connectivity index (χ2v) is 10.2. The number of rotatable bonds is 19. The fourth-order valence-electron chi connectivity index (χ4n) is 4.11. The van der Waals surface area contributed by atoms with Gasteiger partial charge in [-0.2, -0.15) is 0 Å². The van der Waals surface area contributed by atoms with Crippen LogP contribution < -0.4 is 15.2 Å². The molecule has 0 heterocycles. The Bertz CT molecular complexity index is 967. The first kappa shape index (κ1) is 35.7. The molecule has 4 atom stereocenters. The second-order valence-electron chi connectivity index (χ2n) is 10.2. The number of hydrogen-bond donors (Lipinski definition) is 2. The highest BCUT2D eigenvalue weighted by Gasteiger charge is 2.31. The van der Waals surface area contributed by atoms with Crippen molar-refractivity contribution in [2.75, 3.05) is 13.2 Å². The van der Waals surface area contributed by atoms with Gasteiger partial charge in [-0.15, -0.1) is 0 Å². The number of carbonyl (C=O) groups excluding carboxylic acids is 3. The molecular formula is C30H47NO10. The van der Waals surface area contributed by atoms with Gasteiger partial charge in [0.05, 0.1) is 25.2 Å². The second kappa shape index (κ2) is 19.7. The van der Waals surface area contributed by atoms with Crippen LogP contribution in [0.3, 0.4) is 0 Å². The Morgan fingerprint density at radius 2 is 1.39 bits per heavy atom. The van der Waals surface area contributed by atoms with Crippen molar-refractivity contribution in [1.29, 1.82) is 0 Å². The van der Waals surface area contributed by atoms with Crippen molar-refractivity contribution in [1.82, 2.24) is 0 Å². The highest BCUT2D eigenvalue weighted by Crippen LogP contribution is 2.35. The van der Waals surface area contributed by atoms with Gasteiger partial charge in [-0.25, -0.2) is 9.59 Å². The molecule has 1 aromatic rings. The van der Waals surface area contributed by atoms with Crippen LogP contribution in [0.1, 0.15) is 104 Å². The first-order valence-electron chi connectivity index (χ1n) is 14.6. The van der Waals surface area contributed by atoms with Crippen LogP contribution in [0.5, 0.6) is 11.5 Å². The van der Waals surface area contributed by atoms with Gasteiger partial charge in [0.1, 0.15) is 6.04 Å². The summed E-state index contributed by atoms with van der Waals surface area (Å²) >= 11 is 0. The number of carboxylic acid groups (broad SMARTS) is 1. The van der Waals surface area contributed by atoms with Gasteiger partial charge in [-0.05, 0) is 50.3 Å². The largest absolute Gasteiger partial charge is 0.513 e. The lowest BCUT2D eigenvalue weighted by Crippen LogP contribution is -2.38. The molecule has 3 N–H and O–H groups in total. The van der Waals surface area contributed by atoms with Crippen LogP contribution in [-0.4, -0.2) is 54.7 Å². The standard InChI is InChI=1S/C30H47NO10/c1-6-9-11-16-37-29(35)40-24-15-14-22(19-25(24)41-30(36)38-17-12-10-7-2)23(26(31)27(32)33)18-21(5)39-28(34)20(4)13-8-3/h14-15,19-21,23,26H,6-13,16-18,31H2,1-5H3,(H,32,33)/t20?,21?,23?,26-/m0/s1. The monoisotopic (exact) mass is 581 g/mol. The van der Waals surface area contributed by atoms with Gasteiger partial charge in [-0.1, -0.05) is 65.9 Å². The number of carbonyl (C=O) groups is 4. The maximum atomic E-state index is 12.4. The Hall–Kier alpha value is -3.34. The van der Waals surface area contributed by atoms with E-state index in [1.165, 1.54) is 18.2 Å². The van der Waals surface area contributed by atoms with E-state index in [9.17, 15) is 24.3 Å². The van der Waals surface area contributed by atoms with Gasteiger partial charge in [0.25, 0.3) is 0 Å². The summed E-state index contributed by atoms with van der Waals surface area (Å²) in [6, 6.07) is 2.88. The summed E-state index contributed by atoms with van der Waals surface area (Å²) < 4.78 is 26.4. The highest BCUT2D eigenvalue weighted by molar-refractivity contribution is 5.75. The minimum Gasteiger partial charge on any atom is -0.480 e. The van der Waals surface area contributed by atoms with Crippen molar-refractivity contribution < 1.29 is 48.0 Å². The van der Waals surface area contributed by atoms with E-state index in [1.807, 2.05) is 20.8 Å². The number of aliphatic carboxylic acids is 1. The Morgan fingerprint density at radius 1 is 0.829 bits per heavy atom. The van der Waals surface area contributed by atoms with Crippen molar-refractivity contribution in [3.05, 3.63) is 23.8 Å². The van der Waals surface area contributed by atoms with Crippen molar-refractivity contribution >= 4 is 24.2 Å². The number of esters is 1. The van der Waals surface area contributed by atoms with Crippen molar-refractivity contribution in [3.8, 4) is 11.5 Å². The lowest BCUT2D eigenvalue weighted by molar-refractivity contribution is -0.153. The Morgan fingerprint density at radius 3 is 1.90 bits per heavy atom. The molecule has 0 aromatic heterocycles. The Balaban J connectivity index is 3.23. The number of unbranched alkanes of at least 4 members (excludes halogenated alkanes) is 4. The third kappa shape index (κ3) is 13.7. The normalized spacial score (nSPS) is 13.8. The molecule has 0 aliphatic rings. The lowest BCUT2D eigenvalue weighted by atomic mass is 9.87. The van der Waals surface area contributed by atoms with E-state index in [0.29, 0.717) is 24.8 Å². The van der Waals surface area contributed by atoms with Crippen LogP contribution in [0, 0.1) is 5.92 Å². The summed E-state index contributed by atoms with van der Waals surface area (Å²) in [5.41, 5.74) is 6.42. The highest BCUT2D eigenvalue weighted by atomic mass is 16.7. The summed E-state index contributed by atoms with van der Waals surface area (Å²) in [4.78, 5) is 49.0. The minimum atomic E-state index is -1.37. The van der Waals surface area contributed by atoms with Crippen LogP contribution in [0.15, 0.2) is 18.2 Å². The predicted molar refractivity (Wildman–Crippen MR) is 152 cm³/mol.